The molecule has 0 radical (unpaired) electrons. The monoisotopic (exact) mass is 657 g/mol. The molecule has 1 atom stereocenters. The van der Waals surface area contributed by atoms with Gasteiger partial charge in [-0.15, -0.1) is 15.3 Å². The Morgan fingerprint density at radius 2 is 1.34 bits per heavy atom. The lowest BCUT2D eigenvalue weighted by Gasteiger charge is -2.06. The molecule has 0 fully saturated rings. The lowest BCUT2D eigenvalue weighted by Crippen LogP contribution is -2.25. The molecule has 0 aliphatic carbocycles. The van der Waals surface area contributed by atoms with Gasteiger partial charge in [-0.05, 0) is 73.7 Å². The number of phenols is 3. The second-order valence-corrected chi connectivity index (χ2v) is 11.2. The van der Waals surface area contributed by atoms with Crippen LogP contribution in [0, 0.1) is 0 Å². The molecular weight excluding hydrogens is 634 g/mol. The van der Waals surface area contributed by atoms with Crippen LogP contribution in [-0.4, -0.2) is 51.9 Å². The topological polar surface area (TPSA) is 260 Å². The number of hydrazone groups is 1. The second-order valence-electron chi connectivity index (χ2n) is 9.75. The lowest BCUT2D eigenvalue weighted by atomic mass is 10.2. The van der Waals surface area contributed by atoms with Crippen molar-refractivity contribution >= 4 is 61.8 Å². The molecule has 0 spiro atoms. The predicted octanol–water partition coefficient (Wildman–Crippen LogP) is 6.09. The van der Waals surface area contributed by atoms with E-state index in [9.17, 15) is 37.9 Å². The molecule has 4 aromatic carbocycles. The molecule has 6 N–H and O–H groups in total. The van der Waals surface area contributed by atoms with Crippen molar-refractivity contribution in [1.82, 2.24) is 5.43 Å². The van der Waals surface area contributed by atoms with Gasteiger partial charge in [0.2, 0.25) is 0 Å². The Morgan fingerprint density at radius 3 is 1.94 bits per heavy atom. The van der Waals surface area contributed by atoms with Gasteiger partial charge in [0.15, 0.2) is 6.04 Å². The summed E-state index contributed by atoms with van der Waals surface area (Å²) in [6.07, 6.45) is 0. The summed E-state index contributed by atoms with van der Waals surface area (Å²) in [6, 6.07) is 16.7. The van der Waals surface area contributed by atoms with Gasteiger partial charge in [0.25, 0.3) is 21.9 Å². The average molecular weight is 658 g/mol. The summed E-state index contributed by atoms with van der Waals surface area (Å²) in [6.45, 7) is 1.66. The van der Waals surface area contributed by atoms with Crippen molar-refractivity contribution < 1.29 is 37.9 Å². The number of nitrogens with zero attached hydrogens (tertiary/aromatic N) is 7. The van der Waals surface area contributed by atoms with Crippen molar-refractivity contribution in [3.8, 4) is 17.2 Å². The normalized spacial score (nSPS) is 15.0. The summed E-state index contributed by atoms with van der Waals surface area (Å²) in [5, 5.41) is 60.4. The third kappa shape index (κ3) is 7.82. The van der Waals surface area contributed by atoms with Crippen LogP contribution in [0.4, 0.5) is 34.1 Å². The van der Waals surface area contributed by atoms with E-state index in [1.807, 2.05) is 0 Å². The highest BCUT2D eigenvalue weighted by molar-refractivity contribution is 7.85. The van der Waals surface area contributed by atoms with Crippen molar-refractivity contribution in [3.63, 3.8) is 0 Å². The van der Waals surface area contributed by atoms with E-state index in [2.05, 4.69) is 46.5 Å². The molecule has 2 amide bonds. The average Bonchev–Trinajstić information content (AvgIpc) is 3.36. The molecule has 1 heterocycles. The van der Waals surface area contributed by atoms with E-state index in [0.717, 1.165) is 30.3 Å². The molecule has 5 rings (SSSR count). The van der Waals surface area contributed by atoms with Gasteiger partial charge in [-0.25, -0.2) is 5.43 Å². The number of azo groups is 3. The number of anilines is 1. The number of aromatic hydroxyl groups is 3. The van der Waals surface area contributed by atoms with Crippen LogP contribution in [0.2, 0.25) is 0 Å². The SMILES string of the molecule is CC1=NNC(=O)C1N=Nc1ccc(NC(=O)c2ccc(N=Nc3cc(N=Nc4cc(S(=O)(=O)O)ccc4O)c(O)cc3O)cc2)cc1. The summed E-state index contributed by atoms with van der Waals surface area (Å²) >= 11 is 0. The molecule has 0 bridgehead atoms. The number of rotatable bonds is 9. The van der Waals surface area contributed by atoms with Crippen LogP contribution < -0.4 is 10.7 Å². The van der Waals surface area contributed by atoms with E-state index in [1.54, 1.807) is 31.2 Å². The largest absolute Gasteiger partial charge is 0.506 e. The maximum atomic E-state index is 12.7. The van der Waals surface area contributed by atoms with Crippen molar-refractivity contribution in [3.05, 3.63) is 84.4 Å². The Labute approximate surface area is 265 Å². The van der Waals surface area contributed by atoms with Crippen LogP contribution in [0.5, 0.6) is 17.2 Å². The standard InChI is InChI=1S/C29H23N9O8S/c1-15-27(29(43)38-31-15)37-33-19-8-6-17(7-9-19)30-28(42)16-2-4-18(5-3-16)32-34-22-13-23(26(41)14-25(22)40)36-35-21-12-20(47(44,45)46)10-11-24(21)39/h2-14,27,39-41H,1H3,(H,30,42)(H,38,43)(H,44,45,46). The maximum absolute atomic E-state index is 12.7. The molecule has 238 valence electrons. The van der Waals surface area contributed by atoms with Crippen molar-refractivity contribution in [2.45, 2.75) is 17.9 Å². The van der Waals surface area contributed by atoms with E-state index in [-0.39, 0.29) is 23.0 Å². The first-order chi connectivity index (χ1) is 22.4. The molecule has 0 aromatic heterocycles. The zero-order valence-electron chi connectivity index (χ0n) is 24.0. The first-order valence-corrected chi connectivity index (χ1v) is 14.8. The Balaban J connectivity index is 1.23. The van der Waals surface area contributed by atoms with Gasteiger partial charge >= 0.3 is 0 Å². The molecule has 1 aliphatic rings. The maximum Gasteiger partial charge on any atom is 0.294 e. The van der Waals surface area contributed by atoms with Crippen LogP contribution >= 0.6 is 0 Å². The number of carbonyl (C=O) groups is 2. The molecule has 18 heteroatoms. The quantitative estimate of drug-likeness (QED) is 0.0903. The summed E-state index contributed by atoms with van der Waals surface area (Å²) in [5.41, 5.74) is 3.79. The molecule has 17 nitrogen and oxygen atoms in total. The van der Waals surface area contributed by atoms with Crippen LogP contribution in [0.1, 0.15) is 17.3 Å². The van der Waals surface area contributed by atoms with Gasteiger partial charge in [0, 0.05) is 23.4 Å². The van der Waals surface area contributed by atoms with Crippen LogP contribution in [0.3, 0.4) is 0 Å². The molecule has 0 saturated carbocycles. The van der Waals surface area contributed by atoms with Crippen LogP contribution in [-0.2, 0) is 14.9 Å². The lowest BCUT2D eigenvalue weighted by molar-refractivity contribution is -0.120. The number of carbonyl (C=O) groups excluding carboxylic acids is 2. The van der Waals surface area contributed by atoms with Gasteiger partial charge in [0.1, 0.15) is 34.3 Å². The number of phenolic OH excluding ortho intramolecular Hbond substituents is 3. The predicted molar refractivity (Wildman–Crippen MR) is 166 cm³/mol. The zero-order chi connectivity index (χ0) is 33.7. The number of benzene rings is 4. The summed E-state index contributed by atoms with van der Waals surface area (Å²) < 4.78 is 32.0. The van der Waals surface area contributed by atoms with Crippen LogP contribution in [0.15, 0.2) is 120 Å². The fraction of sp³-hybridized carbons (Fsp3) is 0.0690. The zero-order valence-corrected chi connectivity index (χ0v) is 24.9. The molecule has 1 aliphatic heterocycles. The summed E-state index contributed by atoms with van der Waals surface area (Å²) in [4.78, 5) is 23.9. The van der Waals surface area contributed by atoms with E-state index in [1.165, 1.54) is 24.3 Å². The molecule has 47 heavy (non-hydrogen) atoms. The first kappa shape index (κ1) is 32.0. The summed E-state index contributed by atoms with van der Waals surface area (Å²) in [7, 11) is -4.57. The van der Waals surface area contributed by atoms with Gasteiger partial charge in [0.05, 0.1) is 22.0 Å². The van der Waals surface area contributed by atoms with E-state index in [4.69, 9.17) is 0 Å². The minimum absolute atomic E-state index is 0.118. The molecule has 0 saturated heterocycles. The highest BCUT2D eigenvalue weighted by Crippen LogP contribution is 2.40. The van der Waals surface area contributed by atoms with Crippen molar-refractivity contribution in [1.29, 1.82) is 0 Å². The highest BCUT2D eigenvalue weighted by atomic mass is 32.2. The Morgan fingerprint density at radius 1 is 0.766 bits per heavy atom. The summed E-state index contributed by atoms with van der Waals surface area (Å²) in [5.74, 6) is -2.17. The molecule has 4 aromatic rings. The fourth-order valence-corrected chi connectivity index (χ4v) is 4.39. The fourth-order valence-electron chi connectivity index (χ4n) is 3.89. The van der Waals surface area contributed by atoms with E-state index >= 15 is 0 Å². The van der Waals surface area contributed by atoms with Crippen molar-refractivity contribution in [2.75, 3.05) is 5.32 Å². The minimum atomic E-state index is -4.57. The Bertz CT molecular complexity index is 2100. The van der Waals surface area contributed by atoms with E-state index in [0.29, 0.717) is 28.3 Å². The van der Waals surface area contributed by atoms with E-state index < -0.39 is 44.2 Å². The highest BCUT2D eigenvalue weighted by Gasteiger charge is 2.26. The third-order valence-corrected chi connectivity index (χ3v) is 7.23. The smallest absolute Gasteiger partial charge is 0.294 e. The number of amides is 2. The van der Waals surface area contributed by atoms with Crippen LogP contribution in [0.25, 0.3) is 0 Å². The van der Waals surface area contributed by atoms with Gasteiger partial charge in [-0.3, -0.25) is 14.1 Å². The Hall–Kier alpha value is -6.40. The van der Waals surface area contributed by atoms with Gasteiger partial charge < -0.3 is 20.6 Å². The minimum Gasteiger partial charge on any atom is -0.506 e. The first-order valence-electron chi connectivity index (χ1n) is 13.3. The number of nitrogens with one attached hydrogen (secondary N) is 2. The Kier molecular flexibility index (Phi) is 9.06. The molecule has 1 unspecified atom stereocenters. The second kappa shape index (κ2) is 13.3. The number of hydrogen-bond donors (Lipinski definition) is 6. The van der Waals surface area contributed by atoms with Gasteiger partial charge in [-0.1, -0.05) is 0 Å². The van der Waals surface area contributed by atoms with Gasteiger partial charge in [-0.2, -0.15) is 28.9 Å². The molecular formula is C29H23N9O8S. The van der Waals surface area contributed by atoms with Crippen molar-refractivity contribution in [2.24, 2.45) is 35.8 Å². The number of hydrogen-bond acceptors (Lipinski definition) is 14. The third-order valence-electron chi connectivity index (χ3n) is 6.39.